The normalized spacial score (nSPS) is 13.6. The number of hydrogen-bond donors (Lipinski definition) is 2. The third kappa shape index (κ3) is 4.64. The van der Waals surface area contributed by atoms with Crippen molar-refractivity contribution < 1.29 is 32.6 Å². The van der Waals surface area contributed by atoms with Crippen LogP contribution in [0.15, 0.2) is 6.20 Å². The summed E-state index contributed by atoms with van der Waals surface area (Å²) in [5.74, 6) is -1.36. The lowest BCUT2D eigenvalue weighted by Crippen LogP contribution is -2.27. The molecule has 0 spiro atoms. The number of alkyl halides is 3. The van der Waals surface area contributed by atoms with E-state index in [0.29, 0.717) is 4.68 Å². The molecule has 0 fully saturated rings. The molecule has 1 aromatic rings. The van der Waals surface area contributed by atoms with Gasteiger partial charge in [0.25, 0.3) is 0 Å². The van der Waals surface area contributed by atoms with Crippen molar-refractivity contribution >= 4 is 17.7 Å². The third-order valence-corrected chi connectivity index (χ3v) is 2.39. The van der Waals surface area contributed by atoms with Crippen molar-refractivity contribution in [2.24, 2.45) is 0 Å². The number of amides is 1. The number of halogens is 3. The summed E-state index contributed by atoms with van der Waals surface area (Å²) in [4.78, 5) is 22.4. The van der Waals surface area contributed by atoms with E-state index in [1.54, 1.807) is 20.8 Å². The summed E-state index contributed by atoms with van der Waals surface area (Å²) in [5, 5.41) is 13.9. The number of nitrogens with zero attached hydrogens (tertiary/aromatic N) is 2. The van der Waals surface area contributed by atoms with Crippen LogP contribution in [0.2, 0.25) is 0 Å². The Labute approximate surface area is 124 Å². The van der Waals surface area contributed by atoms with E-state index in [1.807, 2.05) is 5.32 Å². The number of hydrogen-bond acceptors (Lipinski definition) is 4. The van der Waals surface area contributed by atoms with E-state index in [9.17, 15) is 22.8 Å². The van der Waals surface area contributed by atoms with E-state index in [-0.39, 0.29) is 0 Å². The predicted molar refractivity (Wildman–Crippen MR) is 69.4 cm³/mol. The lowest BCUT2D eigenvalue weighted by Gasteiger charge is -2.19. The van der Waals surface area contributed by atoms with Crippen molar-refractivity contribution in [3.8, 4) is 0 Å². The van der Waals surface area contributed by atoms with Gasteiger partial charge in [-0.3, -0.25) is 10.00 Å². The molecule has 124 valence electrons. The van der Waals surface area contributed by atoms with Crippen LogP contribution in [0.1, 0.15) is 39.4 Å². The Balaban J connectivity index is 3.12. The first kappa shape index (κ1) is 17.8. The molecule has 1 atom stereocenters. The van der Waals surface area contributed by atoms with Gasteiger partial charge < -0.3 is 9.84 Å². The molecule has 7 nitrogen and oxygen atoms in total. The first-order valence-corrected chi connectivity index (χ1v) is 6.20. The Bertz CT molecular complexity index is 575. The first-order valence-electron chi connectivity index (χ1n) is 6.20. The van der Waals surface area contributed by atoms with Crippen molar-refractivity contribution in [2.75, 3.05) is 5.32 Å². The molecule has 10 heteroatoms. The molecule has 0 radical (unpaired) electrons. The van der Waals surface area contributed by atoms with Crippen LogP contribution in [0.4, 0.5) is 23.7 Å². The highest BCUT2D eigenvalue weighted by atomic mass is 19.4. The predicted octanol–water partition coefficient (Wildman–Crippen LogP) is 2.89. The van der Waals surface area contributed by atoms with Crippen LogP contribution in [-0.4, -0.2) is 32.6 Å². The minimum absolute atomic E-state index is 0.609. The number of nitrogens with one attached hydrogen (secondary N) is 1. The summed E-state index contributed by atoms with van der Waals surface area (Å²) in [6.07, 6.45) is -5.15. The van der Waals surface area contributed by atoms with Crippen LogP contribution in [0, 0.1) is 0 Å². The van der Waals surface area contributed by atoms with Crippen LogP contribution in [0.25, 0.3) is 0 Å². The van der Waals surface area contributed by atoms with Gasteiger partial charge in [-0.15, -0.1) is 0 Å². The number of carbonyl (C=O) groups is 2. The van der Waals surface area contributed by atoms with Gasteiger partial charge in [-0.2, -0.15) is 18.3 Å². The van der Waals surface area contributed by atoms with Gasteiger partial charge in [0, 0.05) is 0 Å². The summed E-state index contributed by atoms with van der Waals surface area (Å²) < 4.78 is 44.2. The molecule has 1 heterocycles. The van der Waals surface area contributed by atoms with Crippen LogP contribution < -0.4 is 5.32 Å². The average Bonchev–Trinajstić information content (AvgIpc) is 2.68. The maximum Gasteiger partial charge on any atom is 0.437 e. The fraction of sp³-hybridized carbons (Fsp3) is 0.583. The fourth-order valence-corrected chi connectivity index (χ4v) is 1.42. The summed E-state index contributed by atoms with van der Waals surface area (Å²) in [5.41, 5.74) is -2.96. The van der Waals surface area contributed by atoms with E-state index in [4.69, 9.17) is 9.84 Å². The number of anilines is 1. The van der Waals surface area contributed by atoms with Crippen LogP contribution >= 0.6 is 0 Å². The number of aliphatic carboxylic acids is 1. The molecular formula is C12H16F3N3O4. The molecule has 0 saturated carbocycles. The lowest BCUT2D eigenvalue weighted by atomic mass is 10.2. The molecule has 1 amide bonds. The number of ether oxygens (including phenoxy) is 1. The molecule has 2 N–H and O–H groups in total. The standard InChI is InChI=1S/C12H16F3N3O4/c1-6(9(19)20)18-5-7(8(17-18)12(13,14)15)16-10(21)22-11(2,3)4/h5-6H,1-4H3,(H,16,21)(H,19,20). The number of rotatable bonds is 3. The van der Waals surface area contributed by atoms with E-state index >= 15 is 0 Å². The second kappa shape index (κ2) is 5.85. The second-order valence-corrected chi connectivity index (χ2v) is 5.51. The van der Waals surface area contributed by atoms with Gasteiger partial charge in [0.1, 0.15) is 11.6 Å². The zero-order valence-electron chi connectivity index (χ0n) is 12.4. The molecule has 0 aliphatic heterocycles. The van der Waals surface area contributed by atoms with E-state index in [2.05, 4.69) is 5.10 Å². The lowest BCUT2D eigenvalue weighted by molar-refractivity contribution is -0.144. The number of carboxylic acid groups (broad SMARTS) is 1. The second-order valence-electron chi connectivity index (χ2n) is 5.51. The minimum Gasteiger partial charge on any atom is -0.480 e. The molecule has 1 rings (SSSR count). The monoisotopic (exact) mass is 323 g/mol. The average molecular weight is 323 g/mol. The van der Waals surface area contributed by atoms with Crippen molar-refractivity contribution in [1.82, 2.24) is 9.78 Å². The summed E-state index contributed by atoms with van der Waals surface area (Å²) in [6.45, 7) is 5.81. The molecule has 1 aromatic heterocycles. The Morgan fingerprint density at radius 1 is 1.36 bits per heavy atom. The minimum atomic E-state index is -4.85. The van der Waals surface area contributed by atoms with Gasteiger partial charge in [-0.05, 0) is 27.7 Å². The van der Waals surface area contributed by atoms with Crippen molar-refractivity contribution in [2.45, 2.75) is 45.5 Å². The van der Waals surface area contributed by atoms with Crippen molar-refractivity contribution in [3.05, 3.63) is 11.9 Å². The van der Waals surface area contributed by atoms with E-state index in [0.717, 1.165) is 13.1 Å². The van der Waals surface area contributed by atoms with E-state index < -0.39 is 41.3 Å². The van der Waals surface area contributed by atoms with Gasteiger partial charge in [-0.1, -0.05) is 0 Å². The number of carboxylic acids is 1. The highest BCUT2D eigenvalue weighted by Crippen LogP contribution is 2.34. The summed E-state index contributed by atoms with van der Waals surface area (Å²) in [6, 6.07) is -1.32. The zero-order chi connectivity index (χ0) is 17.3. The van der Waals surface area contributed by atoms with Crippen LogP contribution in [0.3, 0.4) is 0 Å². The maximum absolute atomic E-state index is 12.9. The Kier molecular flexibility index (Phi) is 4.73. The smallest absolute Gasteiger partial charge is 0.437 e. The molecular weight excluding hydrogens is 307 g/mol. The van der Waals surface area contributed by atoms with Gasteiger partial charge in [0.05, 0.1) is 11.9 Å². The molecule has 1 unspecified atom stereocenters. The number of carbonyl (C=O) groups excluding carboxylic acids is 1. The van der Waals surface area contributed by atoms with E-state index in [1.165, 1.54) is 0 Å². The highest BCUT2D eigenvalue weighted by Gasteiger charge is 2.39. The van der Waals surface area contributed by atoms with Gasteiger partial charge >= 0.3 is 18.2 Å². The Morgan fingerprint density at radius 2 is 1.91 bits per heavy atom. The quantitative estimate of drug-likeness (QED) is 0.892. The summed E-state index contributed by atoms with van der Waals surface area (Å²) in [7, 11) is 0. The zero-order valence-corrected chi connectivity index (χ0v) is 12.4. The Hall–Kier alpha value is -2.26. The first-order chi connectivity index (χ1) is 9.81. The fourth-order valence-electron chi connectivity index (χ4n) is 1.42. The van der Waals surface area contributed by atoms with Gasteiger partial charge in [0.15, 0.2) is 5.69 Å². The molecule has 22 heavy (non-hydrogen) atoms. The van der Waals surface area contributed by atoms with Crippen molar-refractivity contribution in [3.63, 3.8) is 0 Å². The van der Waals surface area contributed by atoms with Crippen LogP contribution in [-0.2, 0) is 15.7 Å². The third-order valence-electron chi connectivity index (χ3n) is 2.39. The number of aromatic nitrogens is 2. The molecule has 0 saturated heterocycles. The van der Waals surface area contributed by atoms with Gasteiger partial charge in [0.2, 0.25) is 0 Å². The highest BCUT2D eigenvalue weighted by molar-refractivity contribution is 5.85. The SMILES string of the molecule is CC(C(=O)O)n1cc(NC(=O)OC(C)(C)C)c(C(F)(F)F)n1. The molecule has 0 aromatic carbocycles. The Morgan fingerprint density at radius 3 is 2.32 bits per heavy atom. The topological polar surface area (TPSA) is 93.5 Å². The van der Waals surface area contributed by atoms with Gasteiger partial charge in [-0.25, -0.2) is 9.59 Å². The molecule has 0 bridgehead atoms. The molecule has 0 aliphatic rings. The molecule has 0 aliphatic carbocycles. The van der Waals surface area contributed by atoms with Crippen molar-refractivity contribution in [1.29, 1.82) is 0 Å². The van der Waals surface area contributed by atoms with Crippen LogP contribution in [0.5, 0.6) is 0 Å². The largest absolute Gasteiger partial charge is 0.480 e. The maximum atomic E-state index is 12.9. The summed E-state index contributed by atoms with van der Waals surface area (Å²) >= 11 is 0.